The number of benzene rings is 1. The number of thiocarbonyl (C=S) groups is 1. The van der Waals surface area contributed by atoms with Gasteiger partial charge in [-0.1, -0.05) is 12.8 Å². The molecule has 2 rings (SSSR count). The molecule has 24 heavy (non-hydrogen) atoms. The smallest absolute Gasteiger partial charge is 0.269 e. The van der Waals surface area contributed by atoms with Gasteiger partial charge in [-0.05, 0) is 50.2 Å². The van der Waals surface area contributed by atoms with E-state index in [0.29, 0.717) is 35.7 Å². The molecular formula is C17H25N3O3S. The molecular weight excluding hydrogens is 326 g/mol. The van der Waals surface area contributed by atoms with Crippen LogP contribution in [0.25, 0.3) is 0 Å². The summed E-state index contributed by atoms with van der Waals surface area (Å²) in [5.74, 6) is 0.442. The van der Waals surface area contributed by atoms with E-state index in [1.54, 1.807) is 25.3 Å². The van der Waals surface area contributed by atoms with Crippen LogP contribution in [0.15, 0.2) is 18.2 Å². The molecule has 3 N–H and O–H groups in total. The van der Waals surface area contributed by atoms with Gasteiger partial charge in [-0.3, -0.25) is 15.6 Å². The minimum absolute atomic E-state index is 0.258. The lowest BCUT2D eigenvalue weighted by Gasteiger charge is -2.16. The molecule has 0 heterocycles. The lowest BCUT2D eigenvalue weighted by atomic mass is 10.1. The minimum atomic E-state index is -0.258. The van der Waals surface area contributed by atoms with Crippen molar-refractivity contribution < 1.29 is 14.3 Å². The summed E-state index contributed by atoms with van der Waals surface area (Å²) in [7, 11) is 1.60. The summed E-state index contributed by atoms with van der Waals surface area (Å²) < 4.78 is 10.7. The predicted molar refractivity (Wildman–Crippen MR) is 96.9 cm³/mol. The first-order valence-electron chi connectivity index (χ1n) is 8.25. The zero-order chi connectivity index (χ0) is 17.4. The summed E-state index contributed by atoms with van der Waals surface area (Å²) in [6.07, 6.45) is 4.69. The van der Waals surface area contributed by atoms with Crippen LogP contribution < -0.4 is 20.9 Å². The Labute approximate surface area is 148 Å². The second-order valence-electron chi connectivity index (χ2n) is 5.70. The Morgan fingerprint density at radius 2 is 2.04 bits per heavy atom. The van der Waals surface area contributed by atoms with Gasteiger partial charge in [-0.25, -0.2) is 0 Å². The summed E-state index contributed by atoms with van der Waals surface area (Å²) in [6, 6.07) is 5.64. The number of hydrogen-bond donors (Lipinski definition) is 3. The van der Waals surface area contributed by atoms with Crippen LogP contribution in [0, 0.1) is 0 Å². The summed E-state index contributed by atoms with van der Waals surface area (Å²) >= 11 is 5.20. The summed E-state index contributed by atoms with van der Waals surface area (Å²) in [5, 5.41) is 3.65. The van der Waals surface area contributed by atoms with E-state index in [2.05, 4.69) is 16.2 Å². The molecule has 0 aliphatic heterocycles. The zero-order valence-electron chi connectivity index (χ0n) is 14.2. The van der Waals surface area contributed by atoms with Crippen molar-refractivity contribution in [2.45, 2.75) is 45.3 Å². The number of amides is 1. The molecule has 1 aliphatic rings. The standard InChI is InChI=1S/C17H25N3O3S/c1-3-23-11-13-10-12(8-9-15(13)22-2)16(21)19-20-17(24)18-14-6-4-5-7-14/h8-10,14H,3-7,11H2,1-2H3,(H,19,21)(H2,18,20,24). The van der Waals surface area contributed by atoms with Crippen molar-refractivity contribution in [3.8, 4) is 5.75 Å². The first-order valence-corrected chi connectivity index (χ1v) is 8.66. The number of nitrogens with one attached hydrogen (secondary N) is 3. The molecule has 0 saturated heterocycles. The summed E-state index contributed by atoms with van der Waals surface area (Å²) in [5.41, 5.74) is 6.72. The van der Waals surface area contributed by atoms with Gasteiger partial charge in [-0.15, -0.1) is 0 Å². The van der Waals surface area contributed by atoms with Crippen LogP contribution in [0.1, 0.15) is 48.5 Å². The van der Waals surface area contributed by atoms with E-state index in [0.717, 1.165) is 18.4 Å². The first kappa shape index (κ1) is 18.5. The van der Waals surface area contributed by atoms with Gasteiger partial charge in [0.1, 0.15) is 5.75 Å². The Hall–Kier alpha value is -1.86. The van der Waals surface area contributed by atoms with E-state index >= 15 is 0 Å². The highest BCUT2D eigenvalue weighted by Gasteiger charge is 2.16. The van der Waals surface area contributed by atoms with Crippen molar-refractivity contribution in [2.24, 2.45) is 0 Å². The highest BCUT2D eigenvalue weighted by atomic mass is 32.1. The number of carbonyl (C=O) groups is 1. The third kappa shape index (κ3) is 5.35. The minimum Gasteiger partial charge on any atom is -0.496 e. The van der Waals surface area contributed by atoms with Gasteiger partial charge in [0.25, 0.3) is 5.91 Å². The fourth-order valence-corrected chi connectivity index (χ4v) is 2.94. The van der Waals surface area contributed by atoms with Crippen LogP contribution in [0.5, 0.6) is 5.75 Å². The van der Waals surface area contributed by atoms with Crippen LogP contribution in [-0.4, -0.2) is 30.8 Å². The van der Waals surface area contributed by atoms with Crippen LogP contribution in [0.4, 0.5) is 0 Å². The second kappa shape index (κ2) is 9.44. The maximum absolute atomic E-state index is 12.3. The van der Waals surface area contributed by atoms with Gasteiger partial charge in [0.15, 0.2) is 5.11 Å². The predicted octanol–water partition coefficient (Wildman–Crippen LogP) is 2.28. The third-order valence-electron chi connectivity index (χ3n) is 3.98. The summed E-state index contributed by atoms with van der Waals surface area (Å²) in [6.45, 7) is 2.92. The van der Waals surface area contributed by atoms with Gasteiger partial charge in [0.2, 0.25) is 0 Å². The van der Waals surface area contributed by atoms with Crippen molar-refractivity contribution in [3.63, 3.8) is 0 Å². The number of methoxy groups -OCH3 is 1. The first-order chi connectivity index (χ1) is 11.6. The zero-order valence-corrected chi connectivity index (χ0v) is 15.0. The van der Waals surface area contributed by atoms with Crippen LogP contribution in [0.2, 0.25) is 0 Å². The largest absolute Gasteiger partial charge is 0.496 e. The van der Waals surface area contributed by atoms with E-state index in [1.807, 2.05) is 6.92 Å². The fourth-order valence-electron chi connectivity index (χ4n) is 2.72. The van der Waals surface area contributed by atoms with Crippen molar-refractivity contribution >= 4 is 23.2 Å². The van der Waals surface area contributed by atoms with Crippen molar-refractivity contribution in [3.05, 3.63) is 29.3 Å². The molecule has 0 spiro atoms. The Kier molecular flexibility index (Phi) is 7.27. The molecule has 0 aromatic heterocycles. The molecule has 1 aromatic carbocycles. The average molecular weight is 351 g/mol. The number of carbonyl (C=O) groups excluding carboxylic acids is 1. The van der Waals surface area contributed by atoms with E-state index < -0.39 is 0 Å². The number of hydrogen-bond acceptors (Lipinski definition) is 4. The Bertz CT molecular complexity index is 574. The molecule has 1 fully saturated rings. The van der Waals surface area contributed by atoms with Gasteiger partial charge in [0.05, 0.1) is 13.7 Å². The number of ether oxygens (including phenoxy) is 2. The van der Waals surface area contributed by atoms with Gasteiger partial charge in [-0.2, -0.15) is 0 Å². The molecule has 0 radical (unpaired) electrons. The van der Waals surface area contributed by atoms with Crippen molar-refractivity contribution in [1.82, 2.24) is 16.2 Å². The lowest BCUT2D eigenvalue weighted by molar-refractivity contribution is 0.0943. The topological polar surface area (TPSA) is 71.6 Å². The molecule has 6 nitrogen and oxygen atoms in total. The molecule has 7 heteroatoms. The van der Waals surface area contributed by atoms with Crippen LogP contribution in [-0.2, 0) is 11.3 Å². The maximum Gasteiger partial charge on any atom is 0.269 e. The van der Waals surface area contributed by atoms with Crippen molar-refractivity contribution in [1.29, 1.82) is 0 Å². The summed E-state index contributed by atoms with van der Waals surface area (Å²) in [4.78, 5) is 12.3. The normalized spacial score (nSPS) is 14.2. The number of rotatable bonds is 6. The van der Waals surface area contributed by atoms with Gasteiger partial charge in [0, 0.05) is 23.8 Å². The maximum atomic E-state index is 12.3. The Balaban J connectivity index is 1.89. The fraction of sp³-hybridized carbons (Fsp3) is 0.529. The van der Waals surface area contributed by atoms with Crippen LogP contribution in [0.3, 0.4) is 0 Å². The molecule has 132 valence electrons. The van der Waals surface area contributed by atoms with Gasteiger partial charge < -0.3 is 14.8 Å². The SMILES string of the molecule is CCOCc1cc(C(=O)NNC(=S)NC2CCCC2)ccc1OC. The lowest BCUT2D eigenvalue weighted by Crippen LogP contribution is -2.49. The molecule has 1 aromatic rings. The average Bonchev–Trinajstić information content (AvgIpc) is 3.10. The quantitative estimate of drug-likeness (QED) is 0.540. The third-order valence-corrected chi connectivity index (χ3v) is 4.20. The monoisotopic (exact) mass is 351 g/mol. The molecule has 0 unspecified atom stereocenters. The highest BCUT2D eigenvalue weighted by molar-refractivity contribution is 7.80. The molecule has 1 aliphatic carbocycles. The van der Waals surface area contributed by atoms with E-state index in [1.165, 1.54) is 12.8 Å². The van der Waals surface area contributed by atoms with E-state index in [4.69, 9.17) is 21.7 Å². The Morgan fingerprint density at radius 3 is 2.71 bits per heavy atom. The molecule has 0 bridgehead atoms. The van der Waals surface area contributed by atoms with Gasteiger partial charge >= 0.3 is 0 Å². The van der Waals surface area contributed by atoms with Crippen molar-refractivity contribution in [2.75, 3.05) is 13.7 Å². The number of hydrazine groups is 1. The highest BCUT2D eigenvalue weighted by Crippen LogP contribution is 2.21. The molecule has 0 atom stereocenters. The second-order valence-corrected chi connectivity index (χ2v) is 6.11. The van der Waals surface area contributed by atoms with E-state index in [-0.39, 0.29) is 5.91 Å². The Morgan fingerprint density at radius 1 is 1.29 bits per heavy atom. The van der Waals surface area contributed by atoms with E-state index in [9.17, 15) is 4.79 Å². The van der Waals surface area contributed by atoms with Crippen LogP contribution >= 0.6 is 12.2 Å². The molecule has 1 amide bonds. The molecule has 1 saturated carbocycles.